The Hall–Kier alpha value is -2.31. The first-order valence-corrected chi connectivity index (χ1v) is 9.37. The van der Waals surface area contributed by atoms with Crippen LogP contribution in [0.25, 0.3) is 0 Å². The maximum absolute atomic E-state index is 12.7. The van der Waals surface area contributed by atoms with Crippen molar-refractivity contribution >= 4 is 5.91 Å². The van der Waals surface area contributed by atoms with Gasteiger partial charge in [-0.25, -0.2) is 9.97 Å². The number of carbonyl (C=O) groups is 1. The van der Waals surface area contributed by atoms with Crippen molar-refractivity contribution in [2.24, 2.45) is 5.92 Å². The predicted molar refractivity (Wildman–Crippen MR) is 98.8 cm³/mol. The molecule has 0 aliphatic carbocycles. The lowest BCUT2D eigenvalue weighted by Crippen LogP contribution is -2.41. The van der Waals surface area contributed by atoms with Gasteiger partial charge < -0.3 is 4.90 Å². The van der Waals surface area contributed by atoms with E-state index in [9.17, 15) is 4.79 Å². The first kappa shape index (κ1) is 18.5. The van der Waals surface area contributed by atoms with Crippen molar-refractivity contribution < 1.29 is 4.79 Å². The van der Waals surface area contributed by atoms with Gasteiger partial charge >= 0.3 is 0 Å². The molecule has 1 atom stereocenters. The van der Waals surface area contributed by atoms with Gasteiger partial charge in [-0.1, -0.05) is 32.9 Å². The van der Waals surface area contributed by atoms with Crippen LogP contribution in [0.2, 0.25) is 0 Å². The van der Waals surface area contributed by atoms with Crippen molar-refractivity contribution in [3.8, 4) is 0 Å². The van der Waals surface area contributed by atoms with Crippen LogP contribution in [0, 0.1) is 5.92 Å². The number of piperidine rings is 1. The Morgan fingerprint density at radius 3 is 2.62 bits per heavy atom. The molecule has 1 fully saturated rings. The summed E-state index contributed by atoms with van der Waals surface area (Å²) in [4.78, 5) is 23.1. The van der Waals surface area contributed by atoms with Crippen LogP contribution in [0.4, 0.5) is 0 Å². The van der Waals surface area contributed by atoms with E-state index in [0.717, 1.165) is 50.4 Å². The molecule has 0 radical (unpaired) electrons. The second kappa shape index (κ2) is 7.51. The fourth-order valence-corrected chi connectivity index (χ4v) is 3.22. The molecule has 1 unspecified atom stereocenters. The molecule has 1 amide bonds. The van der Waals surface area contributed by atoms with E-state index in [1.165, 1.54) is 0 Å². The fourth-order valence-electron chi connectivity index (χ4n) is 3.22. The Bertz CT molecular complexity index is 746. The summed E-state index contributed by atoms with van der Waals surface area (Å²) < 4.78 is 1.92. The van der Waals surface area contributed by atoms with Crippen LogP contribution in [-0.2, 0) is 18.4 Å². The van der Waals surface area contributed by atoms with Crippen LogP contribution >= 0.6 is 0 Å². The maximum Gasteiger partial charge on any atom is 0.257 e. The Labute approximate surface area is 154 Å². The summed E-state index contributed by atoms with van der Waals surface area (Å²) in [6.07, 6.45) is 8.19. The normalized spacial score (nSPS) is 18.2. The molecule has 1 aliphatic rings. The summed E-state index contributed by atoms with van der Waals surface area (Å²) in [7, 11) is 0. The first-order chi connectivity index (χ1) is 12.4. The number of hydrogen-bond acceptors (Lipinski definition) is 5. The minimum atomic E-state index is -0.00251. The van der Waals surface area contributed by atoms with Crippen molar-refractivity contribution in [2.45, 2.75) is 58.9 Å². The lowest BCUT2D eigenvalue weighted by atomic mass is 9.93. The van der Waals surface area contributed by atoms with Crippen LogP contribution < -0.4 is 0 Å². The van der Waals surface area contributed by atoms with E-state index in [0.29, 0.717) is 11.5 Å². The molecule has 1 aliphatic heterocycles. The Kier molecular flexibility index (Phi) is 5.34. The average molecular weight is 356 g/mol. The number of amides is 1. The van der Waals surface area contributed by atoms with E-state index in [1.807, 2.05) is 22.7 Å². The quantitative estimate of drug-likeness (QED) is 0.841. The molecule has 3 rings (SSSR count). The molecule has 2 aromatic rings. The van der Waals surface area contributed by atoms with Gasteiger partial charge in [-0.2, -0.15) is 0 Å². The minimum Gasteiger partial charge on any atom is -0.338 e. The second-order valence-corrected chi connectivity index (χ2v) is 8.08. The number of aryl methyl sites for hydroxylation is 1. The molecule has 26 heavy (non-hydrogen) atoms. The molecule has 140 valence electrons. The molecule has 0 bridgehead atoms. The first-order valence-electron chi connectivity index (χ1n) is 9.37. The van der Waals surface area contributed by atoms with Gasteiger partial charge in [0.05, 0.1) is 11.3 Å². The highest BCUT2D eigenvalue weighted by Gasteiger charge is 2.26. The summed E-state index contributed by atoms with van der Waals surface area (Å²) >= 11 is 0. The SMILES string of the molecule is CCc1ncc(C(=O)N2CCCC(Cn3cc(C(C)(C)C)nn3)C2)cn1. The van der Waals surface area contributed by atoms with Crippen molar-refractivity contribution in [3.63, 3.8) is 0 Å². The fraction of sp³-hybridized carbons (Fsp3) is 0.632. The van der Waals surface area contributed by atoms with E-state index in [2.05, 4.69) is 41.1 Å². The van der Waals surface area contributed by atoms with E-state index in [1.54, 1.807) is 12.4 Å². The molecular formula is C19H28N6O. The molecule has 1 saturated heterocycles. The Morgan fingerprint density at radius 2 is 2.00 bits per heavy atom. The van der Waals surface area contributed by atoms with Crippen molar-refractivity contribution in [2.75, 3.05) is 13.1 Å². The van der Waals surface area contributed by atoms with E-state index in [-0.39, 0.29) is 11.3 Å². The van der Waals surface area contributed by atoms with Crippen molar-refractivity contribution in [1.29, 1.82) is 0 Å². The average Bonchev–Trinajstić information content (AvgIpc) is 3.10. The van der Waals surface area contributed by atoms with E-state index in [4.69, 9.17) is 0 Å². The monoisotopic (exact) mass is 356 g/mol. The van der Waals surface area contributed by atoms with Gasteiger partial charge in [0.2, 0.25) is 0 Å². The summed E-state index contributed by atoms with van der Waals surface area (Å²) in [5, 5.41) is 8.55. The van der Waals surface area contributed by atoms with Crippen LogP contribution in [0.5, 0.6) is 0 Å². The van der Waals surface area contributed by atoms with Gasteiger partial charge in [-0.15, -0.1) is 5.10 Å². The summed E-state index contributed by atoms with van der Waals surface area (Å²) in [6, 6.07) is 0. The van der Waals surface area contributed by atoms with Gasteiger partial charge in [0.1, 0.15) is 5.82 Å². The smallest absolute Gasteiger partial charge is 0.257 e. The van der Waals surface area contributed by atoms with Gasteiger partial charge in [0.25, 0.3) is 5.91 Å². The second-order valence-electron chi connectivity index (χ2n) is 8.08. The zero-order valence-electron chi connectivity index (χ0n) is 16.1. The molecule has 0 aromatic carbocycles. The summed E-state index contributed by atoms with van der Waals surface area (Å²) in [6.45, 7) is 10.7. The molecule has 7 nitrogen and oxygen atoms in total. The van der Waals surface area contributed by atoms with Crippen LogP contribution in [-0.4, -0.2) is 48.9 Å². The lowest BCUT2D eigenvalue weighted by Gasteiger charge is -2.32. The van der Waals surface area contributed by atoms with Gasteiger partial charge in [-0.05, 0) is 18.8 Å². The number of likely N-dealkylation sites (tertiary alicyclic amines) is 1. The molecular weight excluding hydrogens is 328 g/mol. The molecule has 7 heteroatoms. The number of hydrogen-bond donors (Lipinski definition) is 0. The summed E-state index contributed by atoms with van der Waals surface area (Å²) in [5.74, 6) is 1.17. The van der Waals surface area contributed by atoms with Gasteiger partial charge in [-0.3, -0.25) is 9.48 Å². The van der Waals surface area contributed by atoms with E-state index < -0.39 is 0 Å². The molecule has 0 saturated carbocycles. The van der Waals surface area contributed by atoms with E-state index >= 15 is 0 Å². The number of nitrogens with zero attached hydrogens (tertiary/aromatic N) is 6. The highest BCUT2D eigenvalue weighted by Crippen LogP contribution is 2.22. The predicted octanol–water partition coefficient (Wildman–Crippen LogP) is 2.48. The molecule has 2 aromatic heterocycles. The number of rotatable bonds is 4. The third-order valence-electron chi connectivity index (χ3n) is 4.83. The Balaban J connectivity index is 1.63. The van der Waals surface area contributed by atoms with Crippen LogP contribution in [0.15, 0.2) is 18.6 Å². The highest BCUT2D eigenvalue weighted by molar-refractivity contribution is 5.93. The standard InChI is InChI=1S/C19H28N6O/c1-5-17-20-9-15(10-21-17)18(26)24-8-6-7-14(11-24)12-25-13-16(22-23-25)19(2,3)4/h9-10,13-14H,5-8,11-12H2,1-4H3. The number of aromatic nitrogens is 5. The topological polar surface area (TPSA) is 76.8 Å². The largest absolute Gasteiger partial charge is 0.338 e. The van der Waals surface area contributed by atoms with Crippen molar-refractivity contribution in [1.82, 2.24) is 29.9 Å². The highest BCUT2D eigenvalue weighted by atomic mass is 16.2. The summed E-state index contributed by atoms with van der Waals surface area (Å²) in [5.41, 5.74) is 1.56. The zero-order chi connectivity index (χ0) is 18.7. The van der Waals surface area contributed by atoms with Gasteiger partial charge in [0, 0.05) is 50.1 Å². The zero-order valence-corrected chi connectivity index (χ0v) is 16.1. The third-order valence-corrected chi connectivity index (χ3v) is 4.83. The molecule has 0 spiro atoms. The maximum atomic E-state index is 12.7. The molecule has 3 heterocycles. The molecule has 0 N–H and O–H groups in total. The third kappa shape index (κ3) is 4.26. The van der Waals surface area contributed by atoms with Crippen LogP contribution in [0.1, 0.15) is 62.4 Å². The number of carbonyl (C=O) groups excluding carboxylic acids is 1. The lowest BCUT2D eigenvalue weighted by molar-refractivity contribution is 0.0658. The minimum absolute atomic E-state index is 0.00251. The van der Waals surface area contributed by atoms with Crippen molar-refractivity contribution in [3.05, 3.63) is 35.7 Å². The van der Waals surface area contributed by atoms with Gasteiger partial charge in [0.15, 0.2) is 0 Å². The van der Waals surface area contributed by atoms with Crippen LogP contribution in [0.3, 0.4) is 0 Å². The Morgan fingerprint density at radius 1 is 1.27 bits per heavy atom.